The zero-order valence-electron chi connectivity index (χ0n) is 9.13. The molecule has 1 saturated heterocycles. The van der Waals surface area contributed by atoms with Crippen LogP contribution in [0.4, 0.5) is 9.59 Å². The minimum absolute atomic E-state index is 0.213. The van der Waals surface area contributed by atoms with Gasteiger partial charge < -0.3 is 24.7 Å². The number of rotatable bonds is 3. The van der Waals surface area contributed by atoms with Gasteiger partial charge in [-0.2, -0.15) is 0 Å². The Balaban J connectivity index is 2.61. The van der Waals surface area contributed by atoms with E-state index in [-0.39, 0.29) is 25.7 Å². The Morgan fingerprint density at radius 2 is 2.00 bits per heavy atom. The largest absolute Gasteiger partial charge is 0.465 e. The van der Waals surface area contributed by atoms with Crippen molar-refractivity contribution >= 4 is 12.2 Å². The molecule has 0 saturated carbocycles. The van der Waals surface area contributed by atoms with Gasteiger partial charge in [0.25, 0.3) is 0 Å². The molecule has 7 heteroatoms. The summed E-state index contributed by atoms with van der Waals surface area (Å²) in [6.45, 7) is 1.08. The Morgan fingerprint density at radius 1 is 1.31 bits per heavy atom. The first-order chi connectivity index (χ1) is 7.56. The Kier molecular flexibility index (Phi) is 4.36. The highest BCUT2D eigenvalue weighted by Crippen LogP contribution is 2.13. The summed E-state index contributed by atoms with van der Waals surface area (Å²) in [6.07, 6.45) is -1.51. The van der Waals surface area contributed by atoms with Gasteiger partial charge in [0.15, 0.2) is 0 Å². The molecule has 7 nitrogen and oxygen atoms in total. The number of methoxy groups -OCH3 is 1. The van der Waals surface area contributed by atoms with Crippen LogP contribution in [0.25, 0.3) is 0 Å². The molecule has 0 radical (unpaired) electrons. The highest BCUT2D eigenvalue weighted by molar-refractivity contribution is 5.68. The summed E-state index contributed by atoms with van der Waals surface area (Å²) < 4.78 is 4.88. The lowest BCUT2D eigenvalue weighted by Gasteiger charge is -2.38. The maximum absolute atomic E-state index is 10.9. The summed E-state index contributed by atoms with van der Waals surface area (Å²) in [5.41, 5.74) is 0. The zero-order valence-corrected chi connectivity index (χ0v) is 9.13. The molecule has 1 atom stereocenters. The molecule has 0 aromatic carbocycles. The third-order valence-electron chi connectivity index (χ3n) is 2.65. The lowest BCUT2D eigenvalue weighted by atomic mass is 10.1. The predicted octanol–water partition coefficient (Wildman–Crippen LogP) is 0.365. The monoisotopic (exact) mass is 232 g/mol. The van der Waals surface area contributed by atoms with Gasteiger partial charge in [0.2, 0.25) is 0 Å². The average Bonchev–Trinajstić information content (AvgIpc) is 2.25. The quantitative estimate of drug-likeness (QED) is 0.733. The van der Waals surface area contributed by atoms with Crippen molar-refractivity contribution in [1.29, 1.82) is 0 Å². The van der Waals surface area contributed by atoms with Crippen molar-refractivity contribution in [2.75, 3.05) is 33.4 Å². The van der Waals surface area contributed by atoms with Crippen molar-refractivity contribution < 1.29 is 24.5 Å². The van der Waals surface area contributed by atoms with Crippen LogP contribution in [0.15, 0.2) is 0 Å². The number of piperazine rings is 1. The van der Waals surface area contributed by atoms with Crippen molar-refractivity contribution in [3.63, 3.8) is 0 Å². The molecule has 1 heterocycles. The molecule has 1 aliphatic rings. The first-order valence-electron chi connectivity index (χ1n) is 5.02. The van der Waals surface area contributed by atoms with Crippen LogP contribution < -0.4 is 0 Å². The average molecular weight is 232 g/mol. The maximum atomic E-state index is 10.9. The number of hydrogen-bond acceptors (Lipinski definition) is 3. The smallest absolute Gasteiger partial charge is 0.407 e. The minimum Gasteiger partial charge on any atom is -0.465 e. The molecular weight excluding hydrogens is 216 g/mol. The van der Waals surface area contributed by atoms with E-state index < -0.39 is 12.2 Å². The third-order valence-corrected chi connectivity index (χ3v) is 2.65. The Hall–Kier alpha value is -1.50. The van der Waals surface area contributed by atoms with E-state index in [9.17, 15) is 9.59 Å². The molecule has 0 spiro atoms. The molecule has 1 rings (SSSR count). The number of amides is 2. The summed E-state index contributed by atoms with van der Waals surface area (Å²) in [4.78, 5) is 24.2. The molecule has 0 aromatic rings. The second-order valence-corrected chi connectivity index (χ2v) is 3.64. The van der Waals surface area contributed by atoms with E-state index in [2.05, 4.69) is 0 Å². The van der Waals surface area contributed by atoms with Crippen LogP contribution in [0.5, 0.6) is 0 Å². The van der Waals surface area contributed by atoms with Gasteiger partial charge in [-0.1, -0.05) is 0 Å². The maximum Gasteiger partial charge on any atom is 0.407 e. The number of ether oxygens (including phenoxy) is 1. The highest BCUT2D eigenvalue weighted by Gasteiger charge is 2.31. The van der Waals surface area contributed by atoms with Crippen molar-refractivity contribution in [2.45, 2.75) is 12.5 Å². The van der Waals surface area contributed by atoms with E-state index in [1.165, 1.54) is 16.9 Å². The van der Waals surface area contributed by atoms with E-state index in [1.807, 2.05) is 0 Å². The van der Waals surface area contributed by atoms with Crippen molar-refractivity contribution in [3.8, 4) is 0 Å². The first-order valence-corrected chi connectivity index (χ1v) is 5.02. The molecule has 2 N–H and O–H groups in total. The molecule has 0 bridgehead atoms. The van der Waals surface area contributed by atoms with Crippen LogP contribution in [-0.4, -0.2) is 71.6 Å². The van der Waals surface area contributed by atoms with E-state index in [4.69, 9.17) is 14.9 Å². The van der Waals surface area contributed by atoms with Gasteiger partial charge >= 0.3 is 12.2 Å². The van der Waals surface area contributed by atoms with Crippen molar-refractivity contribution in [3.05, 3.63) is 0 Å². The molecular formula is C9H16N2O5. The predicted molar refractivity (Wildman–Crippen MR) is 54.6 cm³/mol. The molecule has 1 fully saturated rings. The van der Waals surface area contributed by atoms with Crippen LogP contribution in [0.1, 0.15) is 6.42 Å². The number of nitrogens with zero attached hydrogens (tertiary/aromatic N) is 2. The standard InChI is InChI=1S/C9H16N2O5/c1-16-5-2-7-6-10(8(12)13)3-4-11(7)9(14)15/h7H,2-6H2,1H3,(H,12,13)(H,14,15). The molecule has 92 valence electrons. The topological polar surface area (TPSA) is 90.3 Å². The molecule has 0 aliphatic carbocycles. The summed E-state index contributed by atoms with van der Waals surface area (Å²) >= 11 is 0. The fraction of sp³-hybridized carbons (Fsp3) is 0.778. The SMILES string of the molecule is COCCC1CN(C(=O)O)CCN1C(=O)O. The Bertz CT molecular complexity index is 271. The molecule has 1 unspecified atom stereocenters. The molecule has 16 heavy (non-hydrogen) atoms. The van der Waals surface area contributed by atoms with Crippen molar-refractivity contribution in [1.82, 2.24) is 9.80 Å². The number of carboxylic acid groups (broad SMARTS) is 2. The van der Waals surface area contributed by atoms with E-state index in [0.29, 0.717) is 13.0 Å². The number of carbonyl (C=O) groups is 2. The zero-order chi connectivity index (χ0) is 12.1. The van der Waals surface area contributed by atoms with Crippen LogP contribution in [0.3, 0.4) is 0 Å². The lowest BCUT2D eigenvalue weighted by Crippen LogP contribution is -2.56. The Labute approximate surface area is 93.2 Å². The highest BCUT2D eigenvalue weighted by atomic mass is 16.5. The van der Waals surface area contributed by atoms with E-state index in [1.54, 1.807) is 0 Å². The van der Waals surface area contributed by atoms with Gasteiger partial charge in [-0.25, -0.2) is 9.59 Å². The second-order valence-electron chi connectivity index (χ2n) is 3.64. The van der Waals surface area contributed by atoms with Gasteiger partial charge in [0.1, 0.15) is 0 Å². The molecule has 2 amide bonds. The molecule has 1 aliphatic heterocycles. The molecule has 0 aromatic heterocycles. The Morgan fingerprint density at radius 3 is 2.50 bits per heavy atom. The fourth-order valence-corrected chi connectivity index (χ4v) is 1.78. The summed E-state index contributed by atoms with van der Waals surface area (Å²) in [5, 5.41) is 17.8. The van der Waals surface area contributed by atoms with Gasteiger partial charge in [0.05, 0.1) is 6.04 Å². The van der Waals surface area contributed by atoms with Gasteiger partial charge in [-0.15, -0.1) is 0 Å². The fourth-order valence-electron chi connectivity index (χ4n) is 1.78. The van der Waals surface area contributed by atoms with Crippen molar-refractivity contribution in [2.24, 2.45) is 0 Å². The van der Waals surface area contributed by atoms with Gasteiger partial charge in [-0.3, -0.25) is 0 Å². The summed E-state index contributed by atoms with van der Waals surface area (Å²) in [7, 11) is 1.53. The van der Waals surface area contributed by atoms with Crippen LogP contribution >= 0.6 is 0 Å². The second kappa shape index (κ2) is 5.55. The summed E-state index contributed by atoms with van der Waals surface area (Å²) in [5.74, 6) is 0. The van der Waals surface area contributed by atoms with E-state index >= 15 is 0 Å². The van der Waals surface area contributed by atoms with Crippen LogP contribution in [0.2, 0.25) is 0 Å². The minimum atomic E-state index is -1.01. The van der Waals surface area contributed by atoms with Gasteiger partial charge in [-0.05, 0) is 6.42 Å². The van der Waals surface area contributed by atoms with Crippen LogP contribution in [-0.2, 0) is 4.74 Å². The summed E-state index contributed by atoms with van der Waals surface area (Å²) in [6, 6.07) is -0.317. The normalized spacial score (nSPS) is 20.9. The number of hydrogen-bond donors (Lipinski definition) is 2. The van der Waals surface area contributed by atoms with Gasteiger partial charge in [0, 0.05) is 33.4 Å². The van der Waals surface area contributed by atoms with E-state index in [0.717, 1.165) is 0 Å². The lowest BCUT2D eigenvalue weighted by molar-refractivity contribution is 0.0508. The first kappa shape index (κ1) is 12.6. The van der Waals surface area contributed by atoms with Crippen LogP contribution in [0, 0.1) is 0 Å². The third kappa shape index (κ3) is 2.99.